The number of anilines is 1. The van der Waals surface area contributed by atoms with Crippen LogP contribution in [-0.4, -0.2) is 14.6 Å². The van der Waals surface area contributed by atoms with E-state index in [9.17, 15) is 8.78 Å². The smallest absolute Gasteiger partial charge is 0.184 e. The fourth-order valence-electron chi connectivity index (χ4n) is 1.99. The molecule has 0 saturated carbocycles. The highest BCUT2D eigenvalue weighted by Gasteiger charge is 2.13. The molecule has 3 aromatic rings. The average molecular weight is 260 g/mol. The SMILES string of the molecule is Cc1ccc(N)c2nnc(-c3ccc(F)c(F)c3)n12. The van der Waals surface area contributed by atoms with Crippen molar-refractivity contribution in [3.63, 3.8) is 0 Å². The summed E-state index contributed by atoms with van der Waals surface area (Å²) >= 11 is 0. The second-order valence-electron chi connectivity index (χ2n) is 4.24. The zero-order chi connectivity index (χ0) is 13.6. The lowest BCUT2D eigenvalue weighted by Crippen LogP contribution is -1.98. The van der Waals surface area contributed by atoms with Gasteiger partial charge in [0.25, 0.3) is 0 Å². The van der Waals surface area contributed by atoms with Crippen molar-refractivity contribution in [3.05, 3.63) is 47.7 Å². The first-order chi connectivity index (χ1) is 9.08. The van der Waals surface area contributed by atoms with Crippen molar-refractivity contribution in [2.75, 3.05) is 5.73 Å². The summed E-state index contributed by atoms with van der Waals surface area (Å²) in [7, 11) is 0. The number of pyridine rings is 1. The zero-order valence-corrected chi connectivity index (χ0v) is 10.1. The maximum absolute atomic E-state index is 13.3. The van der Waals surface area contributed by atoms with Crippen molar-refractivity contribution in [2.24, 2.45) is 0 Å². The highest BCUT2D eigenvalue weighted by molar-refractivity contribution is 5.69. The first kappa shape index (κ1) is 11.6. The van der Waals surface area contributed by atoms with Crippen molar-refractivity contribution >= 4 is 11.3 Å². The second kappa shape index (κ2) is 4.01. The third-order valence-electron chi connectivity index (χ3n) is 2.96. The fourth-order valence-corrected chi connectivity index (χ4v) is 1.99. The van der Waals surface area contributed by atoms with E-state index < -0.39 is 11.6 Å². The topological polar surface area (TPSA) is 56.2 Å². The van der Waals surface area contributed by atoms with Crippen LogP contribution in [0.25, 0.3) is 17.0 Å². The number of aromatic nitrogens is 3. The molecule has 0 aliphatic rings. The molecule has 0 amide bonds. The van der Waals surface area contributed by atoms with Crippen LogP contribution in [0.5, 0.6) is 0 Å². The molecule has 0 aliphatic heterocycles. The largest absolute Gasteiger partial charge is 0.396 e. The molecule has 2 N–H and O–H groups in total. The van der Waals surface area contributed by atoms with Crippen LogP contribution >= 0.6 is 0 Å². The summed E-state index contributed by atoms with van der Waals surface area (Å²) in [6.07, 6.45) is 0. The maximum Gasteiger partial charge on any atom is 0.184 e. The van der Waals surface area contributed by atoms with Crippen molar-refractivity contribution in [2.45, 2.75) is 6.92 Å². The van der Waals surface area contributed by atoms with Crippen LogP contribution in [-0.2, 0) is 0 Å². The summed E-state index contributed by atoms with van der Waals surface area (Å²) in [5.74, 6) is -1.39. The number of hydrogen-bond donors (Lipinski definition) is 1. The van der Waals surface area contributed by atoms with E-state index in [1.165, 1.54) is 6.07 Å². The standard InChI is InChI=1S/C13H10F2N4/c1-7-2-5-11(16)13-18-17-12(19(7)13)8-3-4-9(14)10(15)6-8/h2-6H,16H2,1H3. The van der Waals surface area contributed by atoms with Gasteiger partial charge >= 0.3 is 0 Å². The Bertz CT molecular complexity index is 780. The molecule has 0 fully saturated rings. The molecule has 96 valence electrons. The minimum absolute atomic E-state index is 0.429. The van der Waals surface area contributed by atoms with E-state index in [-0.39, 0.29) is 0 Å². The predicted molar refractivity (Wildman–Crippen MR) is 67.5 cm³/mol. The quantitative estimate of drug-likeness (QED) is 0.731. The Morgan fingerprint density at radius 1 is 1.05 bits per heavy atom. The Morgan fingerprint density at radius 2 is 1.84 bits per heavy atom. The predicted octanol–water partition coefficient (Wildman–Crippen LogP) is 2.57. The molecule has 0 atom stereocenters. The van der Waals surface area contributed by atoms with E-state index in [0.717, 1.165) is 17.8 Å². The minimum atomic E-state index is -0.921. The van der Waals surface area contributed by atoms with Gasteiger partial charge in [0.05, 0.1) is 5.69 Å². The lowest BCUT2D eigenvalue weighted by atomic mass is 10.2. The number of nitrogen functional groups attached to an aromatic ring is 1. The van der Waals surface area contributed by atoms with Crippen LogP contribution in [0.1, 0.15) is 5.69 Å². The maximum atomic E-state index is 13.3. The molecule has 2 aromatic heterocycles. The summed E-state index contributed by atoms with van der Waals surface area (Å²) in [5.41, 5.74) is 8.09. The summed E-state index contributed by atoms with van der Waals surface area (Å²) < 4.78 is 28.0. The zero-order valence-electron chi connectivity index (χ0n) is 10.1. The molecule has 0 unspecified atom stereocenters. The third kappa shape index (κ3) is 1.72. The van der Waals surface area contributed by atoms with Crippen molar-refractivity contribution < 1.29 is 8.78 Å². The monoisotopic (exact) mass is 260 g/mol. The first-order valence-corrected chi connectivity index (χ1v) is 5.63. The normalized spacial score (nSPS) is 11.1. The van der Waals surface area contributed by atoms with Gasteiger partial charge in [-0.3, -0.25) is 4.40 Å². The molecule has 4 nitrogen and oxygen atoms in total. The molecule has 0 saturated heterocycles. The van der Waals surface area contributed by atoms with E-state index in [1.54, 1.807) is 10.5 Å². The first-order valence-electron chi connectivity index (χ1n) is 5.63. The summed E-state index contributed by atoms with van der Waals surface area (Å²) in [6.45, 7) is 1.86. The van der Waals surface area contributed by atoms with Gasteiger partial charge in [-0.1, -0.05) is 0 Å². The molecule has 19 heavy (non-hydrogen) atoms. The molecule has 0 spiro atoms. The number of aryl methyl sites for hydroxylation is 1. The van der Waals surface area contributed by atoms with Gasteiger partial charge in [-0.05, 0) is 37.3 Å². The Labute approximate surface area is 107 Å². The van der Waals surface area contributed by atoms with Crippen molar-refractivity contribution in [3.8, 4) is 11.4 Å². The van der Waals surface area contributed by atoms with Crippen molar-refractivity contribution in [1.82, 2.24) is 14.6 Å². The summed E-state index contributed by atoms with van der Waals surface area (Å²) in [4.78, 5) is 0. The van der Waals surface area contributed by atoms with Gasteiger partial charge < -0.3 is 5.73 Å². The van der Waals surface area contributed by atoms with E-state index in [0.29, 0.717) is 22.7 Å². The number of fused-ring (bicyclic) bond motifs is 1. The van der Waals surface area contributed by atoms with Crippen LogP contribution in [0.3, 0.4) is 0 Å². The number of halogens is 2. The number of rotatable bonds is 1. The van der Waals surface area contributed by atoms with Gasteiger partial charge in [-0.15, -0.1) is 10.2 Å². The molecule has 6 heteroatoms. The van der Waals surface area contributed by atoms with Crippen LogP contribution in [0.4, 0.5) is 14.5 Å². The Kier molecular flexibility index (Phi) is 2.45. The van der Waals surface area contributed by atoms with Gasteiger partial charge in [0.2, 0.25) is 0 Å². The van der Waals surface area contributed by atoms with Gasteiger partial charge in [-0.2, -0.15) is 0 Å². The van der Waals surface area contributed by atoms with Gasteiger partial charge in [-0.25, -0.2) is 8.78 Å². The van der Waals surface area contributed by atoms with E-state index in [4.69, 9.17) is 5.73 Å². The fraction of sp³-hybridized carbons (Fsp3) is 0.0769. The molecule has 0 radical (unpaired) electrons. The number of nitrogens with zero attached hydrogens (tertiary/aromatic N) is 3. The van der Waals surface area contributed by atoms with Crippen LogP contribution in [0.2, 0.25) is 0 Å². The van der Waals surface area contributed by atoms with E-state index >= 15 is 0 Å². The molecule has 0 aliphatic carbocycles. The van der Waals surface area contributed by atoms with Gasteiger partial charge in [0.1, 0.15) is 0 Å². The number of hydrogen-bond acceptors (Lipinski definition) is 3. The average Bonchev–Trinajstić information content (AvgIpc) is 2.83. The second-order valence-corrected chi connectivity index (χ2v) is 4.24. The van der Waals surface area contributed by atoms with Crippen molar-refractivity contribution in [1.29, 1.82) is 0 Å². The lowest BCUT2D eigenvalue weighted by molar-refractivity contribution is 0.509. The molecule has 2 heterocycles. The molecule has 1 aromatic carbocycles. The summed E-state index contributed by atoms with van der Waals surface area (Å²) in [5, 5.41) is 7.98. The van der Waals surface area contributed by atoms with E-state index in [1.807, 2.05) is 13.0 Å². The Balaban J connectivity index is 2.31. The highest BCUT2D eigenvalue weighted by Crippen LogP contribution is 2.24. The number of nitrogens with two attached hydrogens (primary N) is 1. The lowest BCUT2D eigenvalue weighted by Gasteiger charge is -2.05. The van der Waals surface area contributed by atoms with Crippen LogP contribution < -0.4 is 5.73 Å². The van der Waals surface area contributed by atoms with Gasteiger partial charge in [0.15, 0.2) is 23.1 Å². The van der Waals surface area contributed by atoms with Crippen LogP contribution in [0.15, 0.2) is 30.3 Å². The molecular formula is C13H10F2N4. The molecular weight excluding hydrogens is 250 g/mol. The summed E-state index contributed by atoms with van der Waals surface area (Å²) in [6, 6.07) is 7.16. The highest BCUT2D eigenvalue weighted by atomic mass is 19.2. The molecule has 0 bridgehead atoms. The van der Waals surface area contributed by atoms with Gasteiger partial charge in [0, 0.05) is 11.3 Å². The van der Waals surface area contributed by atoms with Crippen LogP contribution in [0, 0.1) is 18.6 Å². The minimum Gasteiger partial charge on any atom is -0.396 e. The number of benzene rings is 1. The third-order valence-corrected chi connectivity index (χ3v) is 2.96. The molecule has 3 rings (SSSR count). The van der Waals surface area contributed by atoms with E-state index in [2.05, 4.69) is 10.2 Å². The Morgan fingerprint density at radius 3 is 2.58 bits per heavy atom. The Hall–Kier alpha value is -2.50.